The zero-order chi connectivity index (χ0) is 17.4. The number of hydrogen-bond acceptors (Lipinski definition) is 4. The molecule has 2 aromatic heterocycles. The second-order valence-corrected chi connectivity index (χ2v) is 8.65. The van der Waals surface area contributed by atoms with Crippen LogP contribution in [0, 0.1) is 0 Å². The summed E-state index contributed by atoms with van der Waals surface area (Å²) in [7, 11) is 0. The highest BCUT2D eigenvalue weighted by molar-refractivity contribution is 5.13. The Hall–Kier alpha value is -1.69. The lowest BCUT2D eigenvalue weighted by molar-refractivity contribution is 0.190. The number of piperidine rings is 1. The van der Waals surface area contributed by atoms with Gasteiger partial charge in [0.25, 0.3) is 0 Å². The Bertz CT molecular complexity index is 723. The largest absolute Gasteiger partial charge is 0.332 e. The van der Waals surface area contributed by atoms with Crippen LogP contribution in [0.3, 0.4) is 0 Å². The lowest BCUT2D eigenvalue weighted by Gasteiger charge is -2.32. The Labute approximate surface area is 150 Å². The number of fused-ring (bicyclic) bond motifs is 1. The van der Waals surface area contributed by atoms with Crippen molar-refractivity contribution < 1.29 is 0 Å². The summed E-state index contributed by atoms with van der Waals surface area (Å²) in [4.78, 5) is 12.0. The second-order valence-electron chi connectivity index (χ2n) is 8.65. The molecule has 0 amide bonds. The Morgan fingerprint density at radius 3 is 2.88 bits per heavy atom. The summed E-state index contributed by atoms with van der Waals surface area (Å²) in [5.41, 5.74) is 1.43. The normalized spacial score (nSPS) is 22.1. The van der Waals surface area contributed by atoms with Crippen LogP contribution in [0.2, 0.25) is 0 Å². The van der Waals surface area contributed by atoms with Crippen molar-refractivity contribution in [2.24, 2.45) is 0 Å². The number of nitrogens with one attached hydrogen (secondary N) is 1. The molecule has 0 unspecified atom stereocenters. The van der Waals surface area contributed by atoms with Crippen molar-refractivity contribution in [3.05, 3.63) is 29.4 Å². The SMILES string of the molecule is CC(C)(C)c1n[nH]c(CN2CCC[C@H](c3ncc4n3CCCC4)C2)n1. The number of aromatic amines is 1. The fourth-order valence-corrected chi connectivity index (χ4v) is 4.11. The van der Waals surface area contributed by atoms with Gasteiger partial charge in [-0.15, -0.1) is 0 Å². The van der Waals surface area contributed by atoms with Crippen molar-refractivity contribution in [1.29, 1.82) is 0 Å². The molecule has 1 atom stereocenters. The third kappa shape index (κ3) is 3.50. The minimum absolute atomic E-state index is 0.00586. The average Bonchev–Trinajstić information content (AvgIpc) is 3.21. The molecule has 6 nitrogen and oxygen atoms in total. The van der Waals surface area contributed by atoms with E-state index in [-0.39, 0.29) is 5.41 Å². The summed E-state index contributed by atoms with van der Waals surface area (Å²) < 4.78 is 2.49. The van der Waals surface area contributed by atoms with Gasteiger partial charge in [0, 0.05) is 36.3 Å². The van der Waals surface area contributed by atoms with Crippen LogP contribution in [0.25, 0.3) is 0 Å². The van der Waals surface area contributed by atoms with Crippen LogP contribution in [-0.2, 0) is 24.9 Å². The van der Waals surface area contributed by atoms with E-state index in [2.05, 4.69) is 46.6 Å². The van der Waals surface area contributed by atoms with Crippen LogP contribution in [0.4, 0.5) is 0 Å². The van der Waals surface area contributed by atoms with E-state index in [0.717, 1.165) is 37.8 Å². The summed E-state index contributed by atoms with van der Waals surface area (Å²) in [6.07, 6.45) is 8.38. The molecule has 0 radical (unpaired) electrons. The molecule has 2 aliphatic rings. The van der Waals surface area contributed by atoms with Crippen LogP contribution in [0.15, 0.2) is 6.20 Å². The third-order valence-electron chi connectivity index (χ3n) is 5.48. The predicted molar refractivity (Wildman–Crippen MR) is 97.5 cm³/mol. The standard InChI is InChI=1S/C19H30N6/c1-19(2,3)18-21-16(22-23-18)13-24-9-6-7-14(12-24)17-20-11-15-8-4-5-10-25(15)17/h11,14H,4-10,12-13H2,1-3H3,(H,21,22,23)/t14-/m0/s1. The monoisotopic (exact) mass is 342 g/mol. The summed E-state index contributed by atoms with van der Waals surface area (Å²) in [6.45, 7) is 10.7. The van der Waals surface area contributed by atoms with Gasteiger partial charge in [-0.25, -0.2) is 9.97 Å². The number of imidazole rings is 1. The molecular formula is C19H30N6. The molecule has 6 heteroatoms. The molecule has 0 bridgehead atoms. The van der Waals surface area contributed by atoms with Crippen molar-refractivity contribution in [2.45, 2.75) is 77.3 Å². The highest BCUT2D eigenvalue weighted by Crippen LogP contribution is 2.29. The second kappa shape index (κ2) is 6.56. The number of likely N-dealkylation sites (tertiary alicyclic amines) is 1. The molecule has 0 saturated carbocycles. The van der Waals surface area contributed by atoms with Crippen molar-refractivity contribution >= 4 is 0 Å². The van der Waals surface area contributed by atoms with Gasteiger partial charge in [-0.2, -0.15) is 5.10 Å². The van der Waals surface area contributed by atoms with Crippen molar-refractivity contribution in [3.63, 3.8) is 0 Å². The summed E-state index contributed by atoms with van der Waals surface area (Å²) in [5, 5.41) is 7.54. The zero-order valence-corrected chi connectivity index (χ0v) is 15.8. The number of aromatic nitrogens is 5. The maximum absolute atomic E-state index is 4.80. The van der Waals surface area contributed by atoms with Gasteiger partial charge in [-0.1, -0.05) is 20.8 Å². The number of rotatable bonds is 3. The van der Waals surface area contributed by atoms with Gasteiger partial charge in [-0.05, 0) is 38.6 Å². The molecule has 0 aromatic carbocycles. The first-order valence-electron chi connectivity index (χ1n) is 9.69. The molecule has 25 heavy (non-hydrogen) atoms. The van der Waals surface area contributed by atoms with Gasteiger partial charge in [0.15, 0.2) is 5.82 Å². The maximum Gasteiger partial charge on any atom is 0.156 e. The molecule has 1 saturated heterocycles. The van der Waals surface area contributed by atoms with E-state index in [1.54, 1.807) is 0 Å². The van der Waals surface area contributed by atoms with Gasteiger partial charge < -0.3 is 4.57 Å². The lowest BCUT2D eigenvalue weighted by Crippen LogP contribution is -2.35. The van der Waals surface area contributed by atoms with E-state index in [1.807, 2.05) is 0 Å². The van der Waals surface area contributed by atoms with Gasteiger partial charge in [0.1, 0.15) is 11.6 Å². The van der Waals surface area contributed by atoms with Gasteiger partial charge in [0.05, 0.1) is 6.54 Å². The first-order chi connectivity index (χ1) is 12.0. The number of H-pyrrole nitrogens is 1. The molecule has 4 heterocycles. The van der Waals surface area contributed by atoms with Crippen LogP contribution < -0.4 is 0 Å². The quantitative estimate of drug-likeness (QED) is 0.931. The Balaban J connectivity index is 1.44. The highest BCUT2D eigenvalue weighted by Gasteiger charge is 2.27. The van der Waals surface area contributed by atoms with Crippen LogP contribution in [0.1, 0.15) is 75.5 Å². The fraction of sp³-hybridized carbons (Fsp3) is 0.737. The van der Waals surface area contributed by atoms with E-state index >= 15 is 0 Å². The first-order valence-corrected chi connectivity index (χ1v) is 9.69. The van der Waals surface area contributed by atoms with E-state index in [4.69, 9.17) is 9.97 Å². The van der Waals surface area contributed by atoms with Crippen molar-refractivity contribution in [1.82, 2.24) is 29.6 Å². The lowest BCUT2D eigenvalue weighted by atomic mass is 9.96. The minimum atomic E-state index is -0.00586. The predicted octanol–water partition coefficient (Wildman–Crippen LogP) is 3.01. The molecular weight excluding hydrogens is 312 g/mol. The molecule has 4 rings (SSSR count). The summed E-state index contributed by atoms with van der Waals surface area (Å²) in [5.74, 6) is 3.74. The third-order valence-corrected chi connectivity index (χ3v) is 5.48. The summed E-state index contributed by atoms with van der Waals surface area (Å²) in [6, 6.07) is 0. The molecule has 0 spiro atoms. The van der Waals surface area contributed by atoms with Crippen molar-refractivity contribution in [3.8, 4) is 0 Å². The molecule has 0 aliphatic carbocycles. The van der Waals surface area contributed by atoms with Gasteiger partial charge in [-0.3, -0.25) is 10.00 Å². The minimum Gasteiger partial charge on any atom is -0.332 e. The zero-order valence-electron chi connectivity index (χ0n) is 15.8. The van der Waals surface area contributed by atoms with E-state index in [9.17, 15) is 0 Å². The number of aryl methyl sites for hydroxylation is 1. The highest BCUT2D eigenvalue weighted by atomic mass is 15.3. The van der Waals surface area contributed by atoms with Gasteiger partial charge >= 0.3 is 0 Å². The molecule has 1 fully saturated rings. The Morgan fingerprint density at radius 1 is 1.20 bits per heavy atom. The Kier molecular flexibility index (Phi) is 4.40. The van der Waals surface area contributed by atoms with Crippen LogP contribution >= 0.6 is 0 Å². The number of hydrogen-bond donors (Lipinski definition) is 1. The number of nitrogens with zero attached hydrogens (tertiary/aromatic N) is 5. The van der Waals surface area contributed by atoms with Crippen LogP contribution in [0.5, 0.6) is 0 Å². The Morgan fingerprint density at radius 2 is 2.08 bits per heavy atom. The molecule has 2 aliphatic heterocycles. The molecule has 136 valence electrons. The van der Waals surface area contributed by atoms with Crippen molar-refractivity contribution in [2.75, 3.05) is 13.1 Å². The smallest absolute Gasteiger partial charge is 0.156 e. The topological polar surface area (TPSA) is 62.6 Å². The van der Waals surface area contributed by atoms with E-state index < -0.39 is 0 Å². The van der Waals surface area contributed by atoms with Crippen LogP contribution in [-0.4, -0.2) is 42.7 Å². The first kappa shape index (κ1) is 16.8. The molecule has 1 N–H and O–H groups in total. The summed E-state index contributed by atoms with van der Waals surface area (Å²) >= 11 is 0. The molecule has 2 aromatic rings. The van der Waals surface area contributed by atoms with Gasteiger partial charge in [0.2, 0.25) is 0 Å². The fourth-order valence-electron chi connectivity index (χ4n) is 4.11. The van der Waals surface area contributed by atoms with E-state index in [0.29, 0.717) is 5.92 Å². The average molecular weight is 342 g/mol. The maximum atomic E-state index is 4.80. The van der Waals surface area contributed by atoms with E-state index in [1.165, 1.54) is 43.6 Å².